The first-order chi connectivity index (χ1) is 18.4. The van der Waals surface area contributed by atoms with Crippen LogP contribution >= 0.6 is 23.2 Å². The SMILES string of the molecule is O=C(COc1ccc(Cl)cc1)NC1CCC(NC(=O)COc2ccc(Cl)cc2C(=O)c2ccccc2)CC1. The number of carbonyl (C=O) groups excluding carboxylic acids is 3. The molecule has 0 heterocycles. The third-order valence-electron chi connectivity index (χ3n) is 6.22. The molecule has 0 unspecified atom stereocenters. The van der Waals surface area contributed by atoms with Gasteiger partial charge in [0.05, 0.1) is 5.56 Å². The van der Waals surface area contributed by atoms with Crippen LogP contribution < -0.4 is 20.1 Å². The number of rotatable bonds is 10. The topological polar surface area (TPSA) is 93.7 Å². The van der Waals surface area contributed by atoms with Gasteiger partial charge in [-0.1, -0.05) is 53.5 Å². The van der Waals surface area contributed by atoms with E-state index in [2.05, 4.69) is 10.6 Å². The van der Waals surface area contributed by atoms with E-state index >= 15 is 0 Å². The highest BCUT2D eigenvalue weighted by molar-refractivity contribution is 6.31. The second-order valence-corrected chi connectivity index (χ2v) is 9.92. The number of ketones is 1. The van der Waals surface area contributed by atoms with Gasteiger partial charge in [-0.05, 0) is 68.1 Å². The van der Waals surface area contributed by atoms with E-state index in [1.54, 1.807) is 66.7 Å². The monoisotopic (exact) mass is 554 g/mol. The van der Waals surface area contributed by atoms with Crippen molar-refractivity contribution in [2.24, 2.45) is 0 Å². The van der Waals surface area contributed by atoms with Gasteiger partial charge in [-0.25, -0.2) is 0 Å². The summed E-state index contributed by atoms with van der Waals surface area (Å²) in [6.07, 6.45) is 2.94. The normalized spacial score (nSPS) is 16.8. The molecular formula is C29H28Cl2N2O5. The summed E-state index contributed by atoms with van der Waals surface area (Å²) < 4.78 is 11.2. The van der Waals surface area contributed by atoms with Crippen LogP contribution in [0.15, 0.2) is 72.8 Å². The van der Waals surface area contributed by atoms with Crippen LogP contribution in [0.4, 0.5) is 0 Å². The Morgan fingerprint density at radius 2 is 1.26 bits per heavy atom. The number of halogens is 2. The fourth-order valence-corrected chi connectivity index (χ4v) is 4.59. The van der Waals surface area contributed by atoms with E-state index in [9.17, 15) is 14.4 Å². The molecule has 0 aliphatic heterocycles. The van der Waals surface area contributed by atoms with Gasteiger partial charge in [-0.2, -0.15) is 0 Å². The van der Waals surface area contributed by atoms with Crippen molar-refractivity contribution < 1.29 is 23.9 Å². The zero-order chi connectivity index (χ0) is 26.9. The first kappa shape index (κ1) is 27.5. The maximum atomic E-state index is 12.9. The molecule has 7 nitrogen and oxygen atoms in total. The highest BCUT2D eigenvalue weighted by Gasteiger charge is 2.24. The van der Waals surface area contributed by atoms with Crippen LogP contribution in [0.2, 0.25) is 10.0 Å². The quantitative estimate of drug-likeness (QED) is 0.335. The van der Waals surface area contributed by atoms with Gasteiger partial charge < -0.3 is 20.1 Å². The number of ether oxygens (including phenoxy) is 2. The molecule has 3 aromatic rings. The van der Waals surface area contributed by atoms with E-state index in [0.717, 1.165) is 25.7 Å². The average molecular weight is 555 g/mol. The number of nitrogens with one attached hydrogen (secondary N) is 2. The Bertz CT molecular complexity index is 1260. The molecule has 4 rings (SSSR count). The highest BCUT2D eigenvalue weighted by Crippen LogP contribution is 2.26. The van der Waals surface area contributed by atoms with Crippen LogP contribution in [0.3, 0.4) is 0 Å². The van der Waals surface area contributed by atoms with Crippen LogP contribution in [-0.4, -0.2) is 42.9 Å². The van der Waals surface area contributed by atoms with Crippen molar-refractivity contribution >= 4 is 40.8 Å². The Labute approximate surface area is 231 Å². The summed E-state index contributed by atoms with van der Waals surface area (Å²) in [6.45, 7) is -0.301. The van der Waals surface area contributed by atoms with Crippen molar-refractivity contribution in [2.45, 2.75) is 37.8 Å². The van der Waals surface area contributed by atoms with E-state index in [0.29, 0.717) is 32.7 Å². The lowest BCUT2D eigenvalue weighted by molar-refractivity contribution is -0.125. The molecule has 9 heteroatoms. The Morgan fingerprint density at radius 3 is 1.87 bits per heavy atom. The van der Waals surface area contributed by atoms with Crippen LogP contribution in [0.5, 0.6) is 11.5 Å². The minimum atomic E-state index is -0.276. The van der Waals surface area contributed by atoms with Crippen molar-refractivity contribution in [2.75, 3.05) is 13.2 Å². The van der Waals surface area contributed by atoms with Crippen LogP contribution in [0.25, 0.3) is 0 Å². The molecule has 1 aliphatic rings. The van der Waals surface area contributed by atoms with Crippen LogP contribution in [0.1, 0.15) is 41.6 Å². The molecule has 1 aliphatic carbocycles. The lowest BCUT2D eigenvalue weighted by Gasteiger charge is -2.29. The summed E-state index contributed by atoms with van der Waals surface area (Å²) in [5, 5.41) is 6.97. The lowest BCUT2D eigenvalue weighted by Crippen LogP contribution is -2.45. The molecule has 198 valence electrons. The van der Waals surface area contributed by atoms with Gasteiger partial charge in [0.2, 0.25) is 0 Å². The minimum absolute atomic E-state index is 0.0137. The zero-order valence-electron chi connectivity index (χ0n) is 20.6. The van der Waals surface area contributed by atoms with Gasteiger partial charge >= 0.3 is 0 Å². The maximum absolute atomic E-state index is 12.9. The van der Waals surface area contributed by atoms with E-state index in [1.165, 1.54) is 0 Å². The van der Waals surface area contributed by atoms with E-state index < -0.39 is 0 Å². The predicted octanol–water partition coefficient (Wildman–Crippen LogP) is 5.23. The molecule has 0 radical (unpaired) electrons. The van der Waals surface area contributed by atoms with Crippen LogP contribution in [0, 0.1) is 0 Å². The Morgan fingerprint density at radius 1 is 0.711 bits per heavy atom. The molecule has 0 saturated heterocycles. The van der Waals surface area contributed by atoms with Gasteiger partial charge in [0.25, 0.3) is 11.8 Å². The number of amides is 2. The van der Waals surface area contributed by atoms with Crippen molar-refractivity contribution in [1.29, 1.82) is 0 Å². The van der Waals surface area contributed by atoms with Crippen LogP contribution in [-0.2, 0) is 9.59 Å². The van der Waals surface area contributed by atoms with E-state index in [4.69, 9.17) is 32.7 Å². The second kappa shape index (κ2) is 13.3. The fraction of sp³-hybridized carbons (Fsp3) is 0.276. The Balaban J connectivity index is 1.20. The number of benzene rings is 3. The van der Waals surface area contributed by atoms with E-state index in [-0.39, 0.29) is 42.9 Å². The number of hydrogen-bond donors (Lipinski definition) is 2. The fourth-order valence-electron chi connectivity index (χ4n) is 4.29. The smallest absolute Gasteiger partial charge is 0.258 e. The molecule has 0 bridgehead atoms. The zero-order valence-corrected chi connectivity index (χ0v) is 22.1. The first-order valence-electron chi connectivity index (χ1n) is 12.4. The largest absolute Gasteiger partial charge is 0.484 e. The van der Waals surface area contributed by atoms with E-state index in [1.807, 2.05) is 6.07 Å². The van der Waals surface area contributed by atoms with Crippen molar-refractivity contribution in [3.05, 3.63) is 94.0 Å². The first-order valence-corrected chi connectivity index (χ1v) is 13.1. The predicted molar refractivity (Wildman–Crippen MR) is 146 cm³/mol. The average Bonchev–Trinajstić information content (AvgIpc) is 2.93. The molecule has 3 aromatic carbocycles. The third-order valence-corrected chi connectivity index (χ3v) is 6.71. The molecule has 0 aromatic heterocycles. The lowest BCUT2D eigenvalue weighted by atomic mass is 9.91. The van der Waals surface area contributed by atoms with Crippen molar-refractivity contribution in [1.82, 2.24) is 10.6 Å². The second-order valence-electron chi connectivity index (χ2n) is 9.05. The third kappa shape index (κ3) is 7.97. The van der Waals surface area contributed by atoms with Gasteiger partial charge in [0.1, 0.15) is 11.5 Å². The molecule has 1 saturated carbocycles. The summed E-state index contributed by atoms with van der Waals surface area (Å²) in [6, 6.07) is 20.4. The molecular weight excluding hydrogens is 527 g/mol. The summed E-state index contributed by atoms with van der Waals surface area (Å²) in [7, 11) is 0. The standard InChI is InChI=1S/C29H28Cl2N2O5/c30-20-6-13-24(14-7-20)37-17-27(34)32-22-9-11-23(12-10-22)33-28(35)18-38-26-15-8-21(31)16-25(26)29(36)19-4-2-1-3-5-19/h1-8,13-16,22-23H,9-12,17-18H2,(H,32,34)(H,33,35). The molecule has 38 heavy (non-hydrogen) atoms. The summed E-state index contributed by atoms with van der Waals surface area (Å²) in [5.41, 5.74) is 0.803. The molecule has 0 atom stereocenters. The number of carbonyl (C=O) groups is 3. The highest BCUT2D eigenvalue weighted by atomic mass is 35.5. The summed E-state index contributed by atoms with van der Waals surface area (Å²) >= 11 is 12.0. The van der Waals surface area contributed by atoms with Gasteiger partial charge in [-0.15, -0.1) is 0 Å². The molecule has 2 N–H and O–H groups in total. The Kier molecular flexibility index (Phi) is 9.62. The molecule has 2 amide bonds. The summed E-state index contributed by atoms with van der Waals surface area (Å²) in [5.74, 6) is 0.174. The van der Waals surface area contributed by atoms with Gasteiger partial charge in [0.15, 0.2) is 19.0 Å². The van der Waals surface area contributed by atoms with Crippen molar-refractivity contribution in [3.8, 4) is 11.5 Å². The molecule has 1 fully saturated rings. The minimum Gasteiger partial charge on any atom is -0.484 e. The summed E-state index contributed by atoms with van der Waals surface area (Å²) in [4.78, 5) is 37.7. The van der Waals surface area contributed by atoms with Gasteiger partial charge in [0, 0.05) is 27.7 Å². The Hall–Kier alpha value is -3.55. The van der Waals surface area contributed by atoms with Gasteiger partial charge in [-0.3, -0.25) is 14.4 Å². The maximum Gasteiger partial charge on any atom is 0.258 e. The number of hydrogen-bond acceptors (Lipinski definition) is 5. The van der Waals surface area contributed by atoms with Crippen molar-refractivity contribution in [3.63, 3.8) is 0 Å². The molecule has 0 spiro atoms.